The molecule has 24 heavy (non-hydrogen) atoms. The fraction of sp³-hybridized carbons (Fsp3) is 0.611. The van der Waals surface area contributed by atoms with Crippen LogP contribution in [0.5, 0.6) is 11.5 Å². The number of hydrogen-bond acceptors (Lipinski definition) is 4. The van der Waals surface area contributed by atoms with Crippen molar-refractivity contribution in [2.75, 3.05) is 34.0 Å². The molecule has 2 aliphatic rings. The lowest BCUT2D eigenvalue weighted by atomic mass is 10.1. The molecule has 0 radical (unpaired) electrons. The molecule has 2 N–H and O–H groups in total. The van der Waals surface area contributed by atoms with Crippen molar-refractivity contribution in [2.24, 2.45) is 4.99 Å². The highest BCUT2D eigenvalue weighted by atomic mass is 16.7. The molecule has 0 aromatic heterocycles. The summed E-state index contributed by atoms with van der Waals surface area (Å²) in [4.78, 5) is 6.75. The highest BCUT2D eigenvalue weighted by Crippen LogP contribution is 2.32. The maximum absolute atomic E-state index is 5.42. The van der Waals surface area contributed by atoms with E-state index in [9.17, 15) is 0 Å². The number of benzene rings is 1. The fourth-order valence-electron chi connectivity index (χ4n) is 2.87. The van der Waals surface area contributed by atoms with Crippen molar-refractivity contribution in [1.82, 2.24) is 15.5 Å². The minimum atomic E-state index is 0.321. The van der Waals surface area contributed by atoms with Crippen LogP contribution in [0.25, 0.3) is 0 Å². The second kappa shape index (κ2) is 7.75. The number of fused-ring (bicyclic) bond motifs is 1. The van der Waals surface area contributed by atoms with E-state index in [4.69, 9.17) is 9.47 Å². The van der Waals surface area contributed by atoms with Crippen LogP contribution < -0.4 is 20.1 Å². The molecule has 6 heteroatoms. The van der Waals surface area contributed by atoms with Crippen LogP contribution in [0.3, 0.4) is 0 Å². The van der Waals surface area contributed by atoms with Gasteiger partial charge in [-0.2, -0.15) is 0 Å². The van der Waals surface area contributed by atoms with E-state index < -0.39 is 0 Å². The average Bonchev–Trinajstić information content (AvgIpc) is 3.34. The number of nitrogens with zero attached hydrogens (tertiary/aromatic N) is 2. The van der Waals surface area contributed by atoms with Crippen molar-refractivity contribution < 1.29 is 9.47 Å². The number of nitrogens with one attached hydrogen (secondary N) is 2. The molecule has 0 amide bonds. The molecule has 132 valence electrons. The summed E-state index contributed by atoms with van der Waals surface area (Å²) >= 11 is 0. The molecule has 6 nitrogen and oxygen atoms in total. The molecule has 1 aliphatic heterocycles. The van der Waals surface area contributed by atoms with E-state index in [0.29, 0.717) is 12.8 Å². The van der Waals surface area contributed by atoms with E-state index >= 15 is 0 Å². The van der Waals surface area contributed by atoms with E-state index in [1.165, 1.54) is 18.4 Å². The lowest BCUT2D eigenvalue weighted by Crippen LogP contribution is -2.45. The Bertz CT molecular complexity index is 586. The lowest BCUT2D eigenvalue weighted by Gasteiger charge is -2.25. The number of guanidine groups is 1. The minimum Gasteiger partial charge on any atom is -0.454 e. The molecule has 3 rings (SSSR count). The number of hydrogen-bond donors (Lipinski definition) is 2. The van der Waals surface area contributed by atoms with Crippen LogP contribution >= 0.6 is 0 Å². The van der Waals surface area contributed by atoms with Crippen molar-refractivity contribution in [1.29, 1.82) is 0 Å². The molecule has 0 spiro atoms. The van der Waals surface area contributed by atoms with Gasteiger partial charge in [0.2, 0.25) is 6.79 Å². The zero-order valence-corrected chi connectivity index (χ0v) is 14.8. The maximum Gasteiger partial charge on any atom is 0.231 e. The normalized spacial score (nSPS) is 17.9. The predicted octanol–water partition coefficient (Wildman–Crippen LogP) is 1.61. The summed E-state index contributed by atoms with van der Waals surface area (Å²) in [6, 6.07) is 7.39. The second-order valence-electron chi connectivity index (χ2n) is 6.56. The van der Waals surface area contributed by atoms with Crippen LogP contribution in [-0.2, 0) is 6.42 Å². The van der Waals surface area contributed by atoms with Gasteiger partial charge < -0.3 is 20.1 Å². The van der Waals surface area contributed by atoms with E-state index in [0.717, 1.165) is 43.0 Å². The summed E-state index contributed by atoms with van der Waals surface area (Å²) < 4.78 is 10.8. The van der Waals surface area contributed by atoms with Crippen molar-refractivity contribution in [2.45, 2.75) is 38.3 Å². The molecule has 1 heterocycles. The Labute approximate surface area is 144 Å². The first kappa shape index (κ1) is 16.9. The minimum absolute atomic E-state index is 0.321. The Hall–Kier alpha value is -1.95. The zero-order valence-electron chi connectivity index (χ0n) is 14.8. The number of ether oxygens (including phenoxy) is 2. The lowest BCUT2D eigenvalue weighted by molar-refractivity contribution is 0.174. The van der Waals surface area contributed by atoms with Gasteiger partial charge in [0.1, 0.15) is 0 Å². The van der Waals surface area contributed by atoms with Gasteiger partial charge in [-0.1, -0.05) is 6.07 Å². The van der Waals surface area contributed by atoms with Crippen molar-refractivity contribution in [3.8, 4) is 11.5 Å². The summed E-state index contributed by atoms with van der Waals surface area (Å²) in [7, 11) is 4.02. The Morgan fingerprint density at radius 2 is 2.08 bits per heavy atom. The van der Waals surface area contributed by atoms with Gasteiger partial charge in [-0.3, -0.25) is 9.89 Å². The van der Waals surface area contributed by atoms with E-state index in [1.54, 1.807) is 0 Å². The number of aliphatic imine (C=N–C) groups is 1. The van der Waals surface area contributed by atoms with E-state index in [1.807, 2.05) is 19.2 Å². The van der Waals surface area contributed by atoms with Crippen molar-refractivity contribution in [3.05, 3.63) is 23.8 Å². The van der Waals surface area contributed by atoms with Crippen LogP contribution in [0.15, 0.2) is 23.2 Å². The Morgan fingerprint density at radius 3 is 2.83 bits per heavy atom. The molecule has 1 aromatic rings. The largest absolute Gasteiger partial charge is 0.454 e. The Balaban J connectivity index is 1.39. The Kier molecular flexibility index (Phi) is 5.45. The zero-order chi connectivity index (χ0) is 16.9. The fourth-order valence-corrected chi connectivity index (χ4v) is 2.87. The number of rotatable bonds is 7. The monoisotopic (exact) mass is 332 g/mol. The molecular weight excluding hydrogens is 304 g/mol. The first-order valence-electron chi connectivity index (χ1n) is 8.72. The molecular formula is C18H28N4O2. The molecule has 0 bridgehead atoms. The summed E-state index contributed by atoms with van der Waals surface area (Å²) in [6.07, 6.45) is 3.58. The third-order valence-corrected chi connectivity index (χ3v) is 4.75. The van der Waals surface area contributed by atoms with Crippen molar-refractivity contribution in [3.63, 3.8) is 0 Å². The van der Waals surface area contributed by atoms with Crippen molar-refractivity contribution >= 4 is 5.96 Å². The molecule has 1 saturated carbocycles. The van der Waals surface area contributed by atoms with Gasteiger partial charge in [0, 0.05) is 32.2 Å². The summed E-state index contributed by atoms with van der Waals surface area (Å²) in [6.45, 7) is 4.30. The smallest absolute Gasteiger partial charge is 0.231 e. The molecule has 1 aromatic carbocycles. The first-order chi connectivity index (χ1) is 11.7. The van der Waals surface area contributed by atoms with Crippen LogP contribution in [0.4, 0.5) is 0 Å². The summed E-state index contributed by atoms with van der Waals surface area (Å²) in [5, 5.41) is 6.79. The topological polar surface area (TPSA) is 58.1 Å². The molecule has 0 saturated heterocycles. The van der Waals surface area contributed by atoms with E-state index in [-0.39, 0.29) is 0 Å². The van der Waals surface area contributed by atoms with Gasteiger partial charge in [-0.15, -0.1) is 0 Å². The summed E-state index contributed by atoms with van der Waals surface area (Å²) in [5.41, 5.74) is 1.23. The maximum atomic E-state index is 5.42. The van der Waals surface area contributed by atoms with Gasteiger partial charge in [0.25, 0.3) is 0 Å². The third-order valence-electron chi connectivity index (χ3n) is 4.75. The quantitative estimate of drug-likeness (QED) is 0.587. The van der Waals surface area contributed by atoms with E-state index in [2.05, 4.69) is 40.6 Å². The average molecular weight is 332 g/mol. The second-order valence-corrected chi connectivity index (χ2v) is 6.56. The highest BCUT2D eigenvalue weighted by molar-refractivity contribution is 5.79. The first-order valence-corrected chi connectivity index (χ1v) is 8.72. The highest BCUT2D eigenvalue weighted by Gasteiger charge is 2.28. The molecule has 1 fully saturated rings. The molecule has 1 aliphatic carbocycles. The van der Waals surface area contributed by atoms with Gasteiger partial charge in [0.15, 0.2) is 17.5 Å². The van der Waals surface area contributed by atoms with Crippen LogP contribution in [-0.4, -0.2) is 56.9 Å². The predicted molar refractivity (Wildman–Crippen MR) is 95.9 cm³/mol. The molecule has 1 unspecified atom stereocenters. The standard InChI is InChI=1S/C18H28N4O2/c1-13(22(3)15-5-6-15)11-21-18(19-2)20-9-8-14-4-7-16-17(10-14)24-12-23-16/h4,7,10,13,15H,5-6,8-9,11-12H2,1-3H3,(H2,19,20,21). The van der Waals surface area contributed by atoms with Gasteiger partial charge >= 0.3 is 0 Å². The Morgan fingerprint density at radius 1 is 1.29 bits per heavy atom. The molecule has 1 atom stereocenters. The third kappa shape index (κ3) is 4.32. The number of likely N-dealkylation sites (N-methyl/N-ethyl adjacent to an activating group) is 1. The van der Waals surface area contributed by atoms with Crippen LogP contribution in [0.2, 0.25) is 0 Å². The van der Waals surface area contributed by atoms with Gasteiger partial charge in [0.05, 0.1) is 0 Å². The van der Waals surface area contributed by atoms with Crippen LogP contribution in [0, 0.1) is 0 Å². The SMILES string of the molecule is CN=C(NCCc1ccc2c(c1)OCO2)NCC(C)N(C)C1CC1. The summed E-state index contributed by atoms with van der Waals surface area (Å²) in [5.74, 6) is 2.52. The van der Waals surface area contributed by atoms with Gasteiger partial charge in [-0.05, 0) is 50.9 Å². The van der Waals surface area contributed by atoms with Crippen LogP contribution in [0.1, 0.15) is 25.3 Å². The van der Waals surface area contributed by atoms with Gasteiger partial charge in [-0.25, -0.2) is 0 Å².